The molecule has 0 aromatic heterocycles. The fourth-order valence-corrected chi connectivity index (χ4v) is 3.04. The van der Waals surface area contributed by atoms with Gasteiger partial charge in [-0.3, -0.25) is 9.59 Å². The topological polar surface area (TPSA) is 124 Å². The van der Waals surface area contributed by atoms with Gasteiger partial charge in [0.15, 0.2) is 11.4 Å². The third-order valence-electron chi connectivity index (χ3n) is 4.85. The van der Waals surface area contributed by atoms with Crippen molar-refractivity contribution in [1.29, 1.82) is 0 Å². The van der Waals surface area contributed by atoms with Crippen LogP contribution in [0.1, 0.15) is 39.5 Å². The second-order valence-electron chi connectivity index (χ2n) is 6.53. The molecule has 3 N–H and O–H groups in total. The van der Waals surface area contributed by atoms with Crippen molar-refractivity contribution in [3.8, 4) is 0 Å². The van der Waals surface area contributed by atoms with Gasteiger partial charge < -0.3 is 20.1 Å². The van der Waals surface area contributed by atoms with Gasteiger partial charge in [-0.05, 0) is 18.9 Å². The van der Waals surface area contributed by atoms with E-state index in [2.05, 4.69) is 0 Å². The third kappa shape index (κ3) is 3.85. The van der Waals surface area contributed by atoms with E-state index in [4.69, 9.17) is 9.84 Å². The van der Waals surface area contributed by atoms with E-state index < -0.39 is 30.4 Å². The van der Waals surface area contributed by atoms with E-state index in [9.17, 15) is 24.6 Å². The van der Waals surface area contributed by atoms with Gasteiger partial charge in [0.2, 0.25) is 0 Å². The van der Waals surface area contributed by atoms with Crippen LogP contribution in [0.5, 0.6) is 0 Å². The molecule has 0 radical (unpaired) electrons. The van der Waals surface area contributed by atoms with Gasteiger partial charge in [0.05, 0.1) is 6.61 Å². The molecule has 1 aliphatic carbocycles. The van der Waals surface area contributed by atoms with Crippen LogP contribution in [0.2, 0.25) is 0 Å². The normalized spacial score (nSPS) is 28.5. The standard InChI is InChI=1S/C19H24O7/c1-3-12(21)6-4-5-7-13-14(10-20)15(22)17-19(26-17,16(13)23)9-8-11(2)18(24)25/h5,7-8,15,17,20,22H,3-4,6,9-10H2,1-2H3,(H,24,25)/b7-5+,11-8+/t15-,17-,19+/m1/s1. The van der Waals surface area contributed by atoms with Gasteiger partial charge in [0.1, 0.15) is 18.0 Å². The summed E-state index contributed by atoms with van der Waals surface area (Å²) in [5, 5.41) is 28.9. The van der Waals surface area contributed by atoms with Gasteiger partial charge in [-0.25, -0.2) is 4.79 Å². The molecule has 1 saturated heterocycles. The third-order valence-corrected chi connectivity index (χ3v) is 4.85. The van der Waals surface area contributed by atoms with Crippen LogP contribution in [-0.2, 0) is 19.1 Å². The van der Waals surface area contributed by atoms with Gasteiger partial charge >= 0.3 is 5.97 Å². The highest BCUT2D eigenvalue weighted by molar-refractivity contribution is 6.08. The lowest BCUT2D eigenvalue weighted by Gasteiger charge is -2.23. The molecule has 1 heterocycles. The van der Waals surface area contributed by atoms with Crippen LogP contribution < -0.4 is 0 Å². The van der Waals surface area contributed by atoms with Crippen molar-refractivity contribution in [2.24, 2.45) is 0 Å². The smallest absolute Gasteiger partial charge is 0.330 e. The van der Waals surface area contributed by atoms with E-state index in [0.717, 1.165) is 0 Å². The van der Waals surface area contributed by atoms with Crippen molar-refractivity contribution in [2.75, 3.05) is 6.61 Å². The number of Topliss-reactive ketones (excluding diaryl/α,β-unsaturated/α-hetero) is 2. The Balaban J connectivity index is 2.21. The lowest BCUT2D eigenvalue weighted by Crippen LogP contribution is -2.40. The SMILES string of the molecule is CCC(=O)CC/C=C/C1=C(CO)[C@@H](O)[C@H]2O[C@@]2(C/C=C(\C)C(=O)O)C1=O. The van der Waals surface area contributed by atoms with Crippen LogP contribution in [0.3, 0.4) is 0 Å². The summed E-state index contributed by atoms with van der Waals surface area (Å²) in [6.07, 6.45) is 3.95. The number of hydrogen-bond donors (Lipinski definition) is 3. The summed E-state index contributed by atoms with van der Waals surface area (Å²) in [5.41, 5.74) is -0.847. The maximum absolute atomic E-state index is 12.9. The molecular formula is C19H24O7. The van der Waals surface area contributed by atoms with E-state index in [1.807, 2.05) is 0 Å². The molecule has 0 aromatic rings. The first-order chi connectivity index (χ1) is 12.3. The monoisotopic (exact) mass is 364 g/mol. The molecule has 3 atom stereocenters. The predicted octanol–water partition coefficient (Wildman–Crippen LogP) is 1.09. The minimum atomic E-state index is -1.28. The first-order valence-electron chi connectivity index (χ1n) is 8.61. The number of ether oxygens (including phenoxy) is 1. The van der Waals surface area contributed by atoms with E-state index in [1.54, 1.807) is 13.0 Å². The number of fused-ring (bicyclic) bond motifs is 1. The fraction of sp³-hybridized carbons (Fsp3) is 0.526. The largest absolute Gasteiger partial charge is 0.478 e. The number of aliphatic hydroxyl groups is 2. The first-order valence-corrected chi connectivity index (χ1v) is 8.61. The predicted molar refractivity (Wildman–Crippen MR) is 92.4 cm³/mol. The van der Waals surface area contributed by atoms with Crippen molar-refractivity contribution in [3.63, 3.8) is 0 Å². The molecule has 7 nitrogen and oxygen atoms in total. The highest BCUT2D eigenvalue weighted by atomic mass is 16.6. The second kappa shape index (κ2) is 8.07. The van der Waals surface area contributed by atoms with Crippen LogP contribution >= 0.6 is 0 Å². The summed E-state index contributed by atoms with van der Waals surface area (Å²) in [5.74, 6) is -1.36. The summed E-state index contributed by atoms with van der Waals surface area (Å²) in [6.45, 7) is 2.71. The molecule has 1 fully saturated rings. The number of aliphatic hydroxyl groups excluding tert-OH is 2. The first kappa shape index (κ1) is 20.2. The molecule has 0 aromatic carbocycles. The molecule has 142 valence electrons. The van der Waals surface area contributed by atoms with Crippen LogP contribution in [0.4, 0.5) is 0 Å². The zero-order valence-corrected chi connectivity index (χ0v) is 14.9. The minimum absolute atomic E-state index is 0.0378. The summed E-state index contributed by atoms with van der Waals surface area (Å²) in [6, 6.07) is 0. The Hall–Kier alpha value is -2.09. The van der Waals surface area contributed by atoms with Gasteiger partial charge in [-0.1, -0.05) is 25.2 Å². The zero-order valence-electron chi connectivity index (χ0n) is 14.9. The number of rotatable bonds is 9. The molecule has 0 bridgehead atoms. The summed E-state index contributed by atoms with van der Waals surface area (Å²) in [4.78, 5) is 35.1. The average molecular weight is 364 g/mol. The van der Waals surface area contributed by atoms with E-state index in [1.165, 1.54) is 19.1 Å². The number of ketones is 2. The lowest BCUT2D eigenvalue weighted by atomic mass is 9.79. The molecule has 1 aliphatic heterocycles. The van der Waals surface area contributed by atoms with Crippen molar-refractivity contribution >= 4 is 17.5 Å². The molecule has 2 rings (SSSR count). The maximum Gasteiger partial charge on any atom is 0.330 e. The number of aliphatic carboxylic acids is 1. The van der Waals surface area contributed by atoms with Crippen molar-refractivity contribution < 1.29 is 34.4 Å². The molecular weight excluding hydrogens is 340 g/mol. The Morgan fingerprint density at radius 2 is 2.04 bits per heavy atom. The highest BCUT2D eigenvalue weighted by Crippen LogP contribution is 2.50. The molecule has 7 heteroatoms. The lowest BCUT2D eigenvalue weighted by molar-refractivity contribution is -0.132. The molecule has 0 saturated carbocycles. The van der Waals surface area contributed by atoms with Gasteiger partial charge in [0, 0.05) is 30.4 Å². The Bertz CT molecular complexity index is 701. The fourth-order valence-electron chi connectivity index (χ4n) is 3.04. The van der Waals surface area contributed by atoms with Crippen LogP contribution in [0, 0.1) is 0 Å². The second-order valence-corrected chi connectivity index (χ2v) is 6.53. The Morgan fingerprint density at radius 1 is 1.35 bits per heavy atom. The minimum Gasteiger partial charge on any atom is -0.478 e. The number of epoxide rings is 1. The number of allylic oxidation sites excluding steroid dienone is 2. The maximum atomic E-state index is 12.9. The highest BCUT2D eigenvalue weighted by Gasteiger charge is 2.67. The molecule has 2 aliphatic rings. The number of carboxylic acids is 1. The Kier molecular flexibility index (Phi) is 6.28. The molecule has 26 heavy (non-hydrogen) atoms. The quantitative estimate of drug-likeness (QED) is 0.413. The van der Waals surface area contributed by atoms with Crippen LogP contribution in [-0.4, -0.2) is 57.3 Å². The zero-order chi connectivity index (χ0) is 19.5. The summed E-state index contributed by atoms with van der Waals surface area (Å²) in [7, 11) is 0. The van der Waals surface area contributed by atoms with Crippen molar-refractivity contribution in [1.82, 2.24) is 0 Å². The van der Waals surface area contributed by atoms with E-state index in [0.29, 0.717) is 19.3 Å². The van der Waals surface area contributed by atoms with Gasteiger partial charge in [-0.2, -0.15) is 0 Å². The number of hydrogen-bond acceptors (Lipinski definition) is 6. The molecule has 0 unspecified atom stereocenters. The van der Waals surface area contributed by atoms with Crippen molar-refractivity contribution in [3.05, 3.63) is 34.9 Å². The van der Waals surface area contributed by atoms with Crippen LogP contribution in [0.15, 0.2) is 34.9 Å². The number of carbonyl (C=O) groups is 3. The van der Waals surface area contributed by atoms with Gasteiger partial charge in [-0.15, -0.1) is 0 Å². The summed E-state index contributed by atoms with van der Waals surface area (Å²) >= 11 is 0. The Labute approximate surface area is 151 Å². The van der Waals surface area contributed by atoms with Gasteiger partial charge in [0.25, 0.3) is 0 Å². The van der Waals surface area contributed by atoms with Crippen LogP contribution in [0.25, 0.3) is 0 Å². The Morgan fingerprint density at radius 3 is 2.62 bits per heavy atom. The van der Waals surface area contributed by atoms with Crippen molar-refractivity contribution in [2.45, 2.75) is 57.3 Å². The number of carbonyl (C=O) groups excluding carboxylic acids is 2. The van der Waals surface area contributed by atoms with E-state index >= 15 is 0 Å². The average Bonchev–Trinajstić information content (AvgIpc) is 3.36. The molecule has 0 spiro atoms. The van der Waals surface area contributed by atoms with E-state index in [-0.39, 0.29) is 34.7 Å². The molecule has 0 amide bonds. The number of carboxylic acid groups (broad SMARTS) is 1. The summed E-state index contributed by atoms with van der Waals surface area (Å²) < 4.78 is 5.47.